The lowest BCUT2D eigenvalue weighted by molar-refractivity contribution is 0.0977. The van der Waals surface area contributed by atoms with Crippen LogP contribution in [0.15, 0.2) is 53.6 Å². The first kappa shape index (κ1) is 19.0. The van der Waals surface area contributed by atoms with Gasteiger partial charge in [0.05, 0.1) is 10.6 Å². The molecule has 3 rings (SSSR count). The monoisotopic (exact) mass is 411 g/mol. The van der Waals surface area contributed by atoms with Crippen LogP contribution in [0.5, 0.6) is 0 Å². The quantitative estimate of drug-likeness (QED) is 0.715. The number of hydrogen-bond donors (Lipinski definition) is 1. The summed E-state index contributed by atoms with van der Waals surface area (Å²) in [4.78, 5) is 16.0. The van der Waals surface area contributed by atoms with Gasteiger partial charge in [-0.15, -0.1) is 0 Å². The smallest absolute Gasteiger partial charge is 0.285 e. The molecule has 1 N–H and O–H groups in total. The number of amides is 1. The number of imidazole rings is 1. The third-order valence-electron chi connectivity index (χ3n) is 3.65. The number of carbonyl (C=O) groups is 1. The van der Waals surface area contributed by atoms with Gasteiger partial charge in [-0.2, -0.15) is 0 Å². The third kappa shape index (κ3) is 3.69. The van der Waals surface area contributed by atoms with Crippen LogP contribution in [0.4, 0.5) is 8.78 Å². The molecule has 3 aromatic rings. The summed E-state index contributed by atoms with van der Waals surface area (Å²) < 4.78 is 55.2. The zero-order chi connectivity index (χ0) is 19.8. The van der Waals surface area contributed by atoms with Crippen LogP contribution in [-0.4, -0.2) is 23.9 Å². The lowest BCUT2D eigenvalue weighted by atomic mass is 10.2. The number of hydrogen-bond acceptors (Lipinski definition) is 4. The average Bonchev–Trinajstić information content (AvgIpc) is 2.99. The standard InChI is InChI=1S/C17H12ClF2N3O3S/c1-23-9-13(21-16(23)10-5-4-7-12(19)15(10)20)17(24)22-27(25,26)14-8-3-2-6-11(14)18/h2-9H,1H3,(H,22,24). The first-order valence-electron chi connectivity index (χ1n) is 7.50. The number of rotatable bonds is 4. The minimum atomic E-state index is -4.24. The van der Waals surface area contributed by atoms with Crippen LogP contribution in [0.25, 0.3) is 11.4 Å². The van der Waals surface area contributed by atoms with Gasteiger partial charge in [-0.3, -0.25) is 4.79 Å². The van der Waals surface area contributed by atoms with Crippen LogP contribution in [0.3, 0.4) is 0 Å². The van der Waals surface area contributed by atoms with E-state index in [-0.39, 0.29) is 27.0 Å². The first-order valence-corrected chi connectivity index (χ1v) is 9.36. The summed E-state index contributed by atoms with van der Waals surface area (Å²) in [6.07, 6.45) is 1.21. The van der Waals surface area contributed by atoms with E-state index < -0.39 is 27.6 Å². The third-order valence-corrected chi connectivity index (χ3v) is 5.49. The van der Waals surface area contributed by atoms with E-state index in [0.29, 0.717) is 0 Å². The molecule has 1 aromatic heterocycles. The molecule has 140 valence electrons. The van der Waals surface area contributed by atoms with Crippen LogP contribution in [0.1, 0.15) is 10.5 Å². The molecule has 0 atom stereocenters. The number of halogens is 3. The molecule has 0 aliphatic rings. The molecular formula is C17H12ClF2N3O3S. The number of carbonyl (C=O) groups excluding carboxylic acids is 1. The predicted molar refractivity (Wildman–Crippen MR) is 94.7 cm³/mol. The maximum atomic E-state index is 14.0. The van der Waals surface area contributed by atoms with E-state index in [9.17, 15) is 22.0 Å². The minimum Gasteiger partial charge on any atom is -0.333 e. The molecule has 0 bridgehead atoms. The Morgan fingerprint density at radius 1 is 1.15 bits per heavy atom. The number of nitrogens with zero attached hydrogens (tertiary/aromatic N) is 2. The molecule has 0 aliphatic heterocycles. The van der Waals surface area contributed by atoms with Crippen molar-refractivity contribution >= 4 is 27.5 Å². The average molecular weight is 412 g/mol. The van der Waals surface area contributed by atoms with Crippen molar-refractivity contribution in [2.24, 2.45) is 7.05 Å². The topological polar surface area (TPSA) is 81.1 Å². The lowest BCUT2D eigenvalue weighted by Crippen LogP contribution is -2.31. The van der Waals surface area contributed by atoms with Gasteiger partial charge in [0.15, 0.2) is 11.6 Å². The molecule has 6 nitrogen and oxygen atoms in total. The van der Waals surface area contributed by atoms with Crippen molar-refractivity contribution in [1.29, 1.82) is 0 Å². The SMILES string of the molecule is Cn1cc(C(=O)NS(=O)(=O)c2ccccc2Cl)nc1-c1cccc(F)c1F. The molecule has 0 unspecified atom stereocenters. The molecule has 10 heteroatoms. The fraction of sp³-hybridized carbons (Fsp3) is 0.0588. The van der Waals surface area contributed by atoms with Crippen LogP contribution in [0.2, 0.25) is 5.02 Å². The van der Waals surface area contributed by atoms with E-state index in [4.69, 9.17) is 11.6 Å². The van der Waals surface area contributed by atoms with Crippen LogP contribution < -0.4 is 4.72 Å². The summed E-state index contributed by atoms with van der Waals surface area (Å²) in [5.41, 5.74) is -0.447. The van der Waals surface area contributed by atoms with Crippen LogP contribution >= 0.6 is 11.6 Å². The molecule has 1 heterocycles. The van der Waals surface area contributed by atoms with Gasteiger partial charge in [0.25, 0.3) is 15.9 Å². The fourth-order valence-electron chi connectivity index (χ4n) is 2.39. The molecule has 0 fully saturated rings. The highest BCUT2D eigenvalue weighted by atomic mass is 35.5. The van der Waals surface area contributed by atoms with Gasteiger partial charge in [0, 0.05) is 13.2 Å². The van der Waals surface area contributed by atoms with E-state index in [1.54, 1.807) is 6.07 Å². The van der Waals surface area contributed by atoms with E-state index in [2.05, 4.69) is 4.98 Å². The molecule has 0 saturated carbocycles. The van der Waals surface area contributed by atoms with Gasteiger partial charge in [-0.05, 0) is 24.3 Å². The van der Waals surface area contributed by atoms with Crippen molar-refractivity contribution < 1.29 is 22.0 Å². The summed E-state index contributed by atoms with van der Waals surface area (Å²) in [7, 11) is -2.77. The molecule has 1 amide bonds. The lowest BCUT2D eigenvalue weighted by Gasteiger charge is -2.06. The summed E-state index contributed by atoms with van der Waals surface area (Å²) in [5, 5.41) is -0.0543. The van der Waals surface area contributed by atoms with Crippen molar-refractivity contribution in [1.82, 2.24) is 14.3 Å². The van der Waals surface area contributed by atoms with Gasteiger partial charge in [-0.1, -0.05) is 29.8 Å². The highest BCUT2D eigenvalue weighted by molar-refractivity contribution is 7.90. The number of nitrogens with one attached hydrogen (secondary N) is 1. The highest BCUT2D eigenvalue weighted by Crippen LogP contribution is 2.24. The van der Waals surface area contributed by atoms with Crippen molar-refractivity contribution in [2.75, 3.05) is 0 Å². The summed E-state index contributed by atoms with van der Waals surface area (Å²) in [6.45, 7) is 0. The Kier molecular flexibility index (Phi) is 4.99. The molecule has 2 aromatic carbocycles. The van der Waals surface area contributed by atoms with Gasteiger partial charge >= 0.3 is 0 Å². The van der Waals surface area contributed by atoms with Gasteiger partial charge in [-0.25, -0.2) is 26.9 Å². The molecule has 27 heavy (non-hydrogen) atoms. The maximum absolute atomic E-state index is 14.0. The summed E-state index contributed by atoms with van der Waals surface area (Å²) >= 11 is 5.85. The van der Waals surface area contributed by atoms with Crippen molar-refractivity contribution in [2.45, 2.75) is 4.90 Å². The number of aromatic nitrogens is 2. The number of benzene rings is 2. The zero-order valence-corrected chi connectivity index (χ0v) is 15.4. The highest BCUT2D eigenvalue weighted by Gasteiger charge is 2.24. The predicted octanol–water partition coefficient (Wildman–Crippen LogP) is 3.14. The largest absolute Gasteiger partial charge is 0.333 e. The number of sulfonamides is 1. The van der Waals surface area contributed by atoms with Crippen LogP contribution in [-0.2, 0) is 17.1 Å². The summed E-state index contributed by atoms with van der Waals surface area (Å²) in [5.74, 6) is -3.26. The maximum Gasteiger partial charge on any atom is 0.285 e. The Balaban J connectivity index is 1.93. The van der Waals surface area contributed by atoms with E-state index in [0.717, 1.165) is 6.07 Å². The minimum absolute atomic E-state index is 0.0349. The van der Waals surface area contributed by atoms with Crippen LogP contribution in [0, 0.1) is 11.6 Å². The molecule has 0 spiro atoms. The van der Waals surface area contributed by atoms with E-state index in [1.807, 2.05) is 4.72 Å². The molecule has 0 saturated heterocycles. The van der Waals surface area contributed by atoms with Crippen molar-refractivity contribution in [3.63, 3.8) is 0 Å². The Morgan fingerprint density at radius 2 is 1.85 bits per heavy atom. The Morgan fingerprint density at radius 3 is 2.56 bits per heavy atom. The van der Waals surface area contributed by atoms with Crippen molar-refractivity contribution in [3.05, 3.63) is 71.0 Å². The van der Waals surface area contributed by atoms with E-state index >= 15 is 0 Å². The van der Waals surface area contributed by atoms with Gasteiger partial charge < -0.3 is 4.57 Å². The molecule has 0 radical (unpaired) electrons. The zero-order valence-electron chi connectivity index (χ0n) is 13.8. The fourth-order valence-corrected chi connectivity index (χ4v) is 3.88. The van der Waals surface area contributed by atoms with Gasteiger partial charge in [0.1, 0.15) is 16.4 Å². The molecular weight excluding hydrogens is 400 g/mol. The summed E-state index contributed by atoms with van der Waals surface area (Å²) in [6, 6.07) is 9.15. The normalized spacial score (nSPS) is 11.4. The van der Waals surface area contributed by atoms with Crippen molar-refractivity contribution in [3.8, 4) is 11.4 Å². The second-order valence-corrected chi connectivity index (χ2v) is 7.59. The Bertz CT molecular complexity index is 1150. The Hall–Kier alpha value is -2.78. The second-order valence-electron chi connectivity index (χ2n) is 5.53. The van der Waals surface area contributed by atoms with E-state index in [1.165, 1.54) is 48.1 Å². The number of aryl methyl sites for hydroxylation is 1. The first-order chi connectivity index (χ1) is 12.7. The Labute approximate surface area is 158 Å². The molecule has 0 aliphatic carbocycles. The van der Waals surface area contributed by atoms with Gasteiger partial charge in [0.2, 0.25) is 0 Å². The second kappa shape index (κ2) is 7.09.